The molecule has 2 aliphatic heterocycles. The van der Waals surface area contributed by atoms with Crippen LogP contribution < -0.4 is 5.32 Å². The number of alkyl halides is 6. The minimum Gasteiger partial charge on any atom is -0.381 e. The average Bonchev–Trinajstić information content (AvgIpc) is 2.62. The third-order valence-corrected chi connectivity index (χ3v) is 5.26. The molecule has 9 heteroatoms. The smallest absolute Gasteiger partial charge is 0.381 e. The van der Waals surface area contributed by atoms with Crippen LogP contribution in [0.4, 0.5) is 26.3 Å². The average molecular weight is 396 g/mol. The van der Waals surface area contributed by atoms with Gasteiger partial charge in [0.2, 0.25) is 0 Å². The summed E-state index contributed by atoms with van der Waals surface area (Å²) in [6, 6.07) is 1.46. The molecule has 1 aromatic carbocycles. The highest BCUT2D eigenvalue weighted by Crippen LogP contribution is 2.44. The van der Waals surface area contributed by atoms with Gasteiger partial charge in [0.25, 0.3) is 0 Å². The molecule has 0 aliphatic carbocycles. The highest BCUT2D eigenvalue weighted by atomic mass is 19.4. The molecule has 2 heterocycles. The summed E-state index contributed by atoms with van der Waals surface area (Å²) in [5.74, 6) is -0.0883. The predicted molar refractivity (Wildman–Crippen MR) is 87.2 cm³/mol. The molecule has 0 radical (unpaired) electrons. The number of halogens is 6. The first kappa shape index (κ1) is 20.4. The second kappa shape index (κ2) is 7.97. The third-order valence-electron chi connectivity index (χ3n) is 5.26. The maximum atomic E-state index is 13.7. The Bertz CT molecular complexity index is 616. The molecular weight excluding hydrogens is 374 g/mol. The van der Waals surface area contributed by atoms with Gasteiger partial charge in [-0.1, -0.05) is 6.07 Å². The fraction of sp³-hybridized carbons (Fsp3) is 0.667. The maximum absolute atomic E-state index is 13.7. The second-order valence-corrected chi connectivity index (χ2v) is 6.98. The van der Waals surface area contributed by atoms with Crippen LogP contribution >= 0.6 is 0 Å². The summed E-state index contributed by atoms with van der Waals surface area (Å²) in [4.78, 5) is 1.96. The standard InChI is InChI=1S/C18H22F6N2O/c19-17(20,21)13-1-2-14(15(11-13)18(22,23)24)16(12-3-9-27-10-4-12)26-7-5-25-6-8-26/h1-2,11-12,16,25H,3-10H2/t16-/m0/s1. The third kappa shape index (κ3) is 4.75. The van der Waals surface area contributed by atoms with E-state index in [1.807, 2.05) is 4.90 Å². The topological polar surface area (TPSA) is 24.5 Å². The Morgan fingerprint density at radius 1 is 0.963 bits per heavy atom. The number of benzene rings is 1. The summed E-state index contributed by atoms with van der Waals surface area (Å²) < 4.78 is 85.4. The molecule has 2 fully saturated rings. The Balaban J connectivity index is 2.06. The SMILES string of the molecule is FC(F)(F)c1ccc([C@H](C2CCOCC2)N2CCNCC2)c(C(F)(F)F)c1. The zero-order valence-electron chi connectivity index (χ0n) is 14.7. The predicted octanol–water partition coefficient (Wildman–Crippen LogP) is 4.10. The van der Waals surface area contributed by atoms with Crippen molar-refractivity contribution in [3.8, 4) is 0 Å². The van der Waals surface area contributed by atoms with Crippen molar-refractivity contribution in [1.82, 2.24) is 10.2 Å². The minimum absolute atomic E-state index is 0.0655. The van der Waals surface area contributed by atoms with Gasteiger partial charge in [-0.15, -0.1) is 0 Å². The second-order valence-electron chi connectivity index (χ2n) is 6.98. The van der Waals surface area contributed by atoms with Gasteiger partial charge < -0.3 is 10.1 Å². The summed E-state index contributed by atoms with van der Waals surface area (Å²) in [5, 5.41) is 3.16. The van der Waals surface area contributed by atoms with Gasteiger partial charge in [-0.3, -0.25) is 4.90 Å². The maximum Gasteiger partial charge on any atom is 0.416 e. The van der Waals surface area contributed by atoms with Crippen LogP contribution in [0.2, 0.25) is 0 Å². The Morgan fingerprint density at radius 2 is 1.59 bits per heavy atom. The zero-order chi connectivity index (χ0) is 19.7. The molecule has 0 unspecified atom stereocenters. The van der Waals surface area contributed by atoms with Crippen LogP contribution in [-0.2, 0) is 17.1 Å². The monoisotopic (exact) mass is 396 g/mol. The van der Waals surface area contributed by atoms with Gasteiger partial charge in [-0.05, 0) is 36.5 Å². The molecule has 0 amide bonds. The van der Waals surface area contributed by atoms with Gasteiger partial charge in [-0.25, -0.2) is 0 Å². The molecular formula is C18H22F6N2O. The summed E-state index contributed by atoms with van der Waals surface area (Å²) in [5.41, 5.74) is -2.53. The fourth-order valence-electron chi connectivity index (χ4n) is 3.98. The van der Waals surface area contributed by atoms with Crippen molar-refractivity contribution in [3.05, 3.63) is 34.9 Å². The van der Waals surface area contributed by atoms with Crippen molar-refractivity contribution in [1.29, 1.82) is 0 Å². The van der Waals surface area contributed by atoms with Gasteiger partial charge in [0.05, 0.1) is 11.1 Å². The Labute approximate surface area is 153 Å². The summed E-state index contributed by atoms with van der Waals surface area (Å²) in [6.07, 6.45) is -8.49. The molecule has 3 rings (SSSR count). The number of rotatable bonds is 3. The highest BCUT2D eigenvalue weighted by molar-refractivity contribution is 5.38. The van der Waals surface area contributed by atoms with E-state index < -0.39 is 29.5 Å². The summed E-state index contributed by atoms with van der Waals surface area (Å²) >= 11 is 0. The van der Waals surface area contributed by atoms with Gasteiger partial charge in [0.1, 0.15) is 0 Å². The van der Waals surface area contributed by atoms with Gasteiger partial charge in [0.15, 0.2) is 0 Å². The Hall–Kier alpha value is -1.32. The highest BCUT2D eigenvalue weighted by Gasteiger charge is 2.42. The zero-order valence-corrected chi connectivity index (χ0v) is 14.7. The van der Waals surface area contributed by atoms with E-state index in [1.165, 1.54) is 0 Å². The van der Waals surface area contributed by atoms with Gasteiger partial charge in [-0.2, -0.15) is 26.3 Å². The van der Waals surface area contributed by atoms with Crippen LogP contribution in [0.3, 0.4) is 0 Å². The van der Waals surface area contributed by atoms with Crippen molar-refractivity contribution in [2.75, 3.05) is 39.4 Å². The molecule has 2 aliphatic rings. The van der Waals surface area contributed by atoms with E-state index >= 15 is 0 Å². The molecule has 1 aromatic rings. The van der Waals surface area contributed by atoms with E-state index in [0.717, 1.165) is 12.1 Å². The number of hydrogen-bond acceptors (Lipinski definition) is 3. The van der Waals surface area contributed by atoms with Crippen molar-refractivity contribution < 1.29 is 31.1 Å². The minimum atomic E-state index is -4.85. The molecule has 0 aromatic heterocycles. The first-order valence-electron chi connectivity index (χ1n) is 8.99. The molecule has 1 atom stereocenters. The van der Waals surface area contributed by atoms with E-state index in [9.17, 15) is 26.3 Å². The normalized spacial score (nSPS) is 22.0. The van der Waals surface area contributed by atoms with Crippen molar-refractivity contribution in [2.45, 2.75) is 31.2 Å². The first-order valence-corrected chi connectivity index (χ1v) is 8.99. The van der Waals surface area contributed by atoms with E-state index in [0.29, 0.717) is 52.2 Å². The molecule has 1 N–H and O–H groups in total. The van der Waals surface area contributed by atoms with Crippen molar-refractivity contribution >= 4 is 0 Å². The van der Waals surface area contributed by atoms with E-state index in [-0.39, 0.29) is 17.5 Å². The van der Waals surface area contributed by atoms with Crippen LogP contribution in [0.5, 0.6) is 0 Å². The molecule has 3 nitrogen and oxygen atoms in total. The largest absolute Gasteiger partial charge is 0.416 e. The lowest BCUT2D eigenvalue weighted by Gasteiger charge is -2.42. The molecule has 0 spiro atoms. The number of nitrogens with zero attached hydrogens (tertiary/aromatic N) is 1. The molecule has 27 heavy (non-hydrogen) atoms. The number of ether oxygens (including phenoxy) is 1. The van der Waals surface area contributed by atoms with Crippen LogP contribution in [0.25, 0.3) is 0 Å². The van der Waals surface area contributed by atoms with E-state index in [4.69, 9.17) is 4.74 Å². The fourth-order valence-corrected chi connectivity index (χ4v) is 3.98. The molecule has 0 bridgehead atoms. The quantitative estimate of drug-likeness (QED) is 0.779. The molecule has 0 saturated carbocycles. The van der Waals surface area contributed by atoms with Crippen molar-refractivity contribution in [2.24, 2.45) is 5.92 Å². The van der Waals surface area contributed by atoms with E-state index in [1.54, 1.807) is 0 Å². The lowest BCUT2D eigenvalue weighted by Crippen LogP contribution is -2.48. The lowest BCUT2D eigenvalue weighted by atomic mass is 9.83. The van der Waals surface area contributed by atoms with E-state index in [2.05, 4.69) is 5.32 Å². The summed E-state index contributed by atoms with van der Waals surface area (Å²) in [6.45, 7) is 3.30. The number of nitrogens with one attached hydrogen (secondary N) is 1. The van der Waals surface area contributed by atoms with Crippen LogP contribution in [-0.4, -0.2) is 44.3 Å². The van der Waals surface area contributed by atoms with Crippen molar-refractivity contribution in [3.63, 3.8) is 0 Å². The van der Waals surface area contributed by atoms with Crippen LogP contribution in [0.15, 0.2) is 18.2 Å². The van der Waals surface area contributed by atoms with Crippen LogP contribution in [0, 0.1) is 5.92 Å². The first-order chi connectivity index (χ1) is 12.7. The van der Waals surface area contributed by atoms with Gasteiger partial charge in [0, 0.05) is 45.4 Å². The Kier molecular flexibility index (Phi) is 6.02. The van der Waals surface area contributed by atoms with Crippen LogP contribution in [0.1, 0.15) is 35.6 Å². The number of hydrogen-bond donors (Lipinski definition) is 1. The molecule has 152 valence electrons. The molecule has 2 saturated heterocycles. The lowest BCUT2D eigenvalue weighted by molar-refractivity contribution is -0.144. The summed E-state index contributed by atoms with van der Waals surface area (Å²) in [7, 11) is 0. The Morgan fingerprint density at radius 3 is 2.15 bits per heavy atom. The number of piperazine rings is 1. The van der Waals surface area contributed by atoms with Gasteiger partial charge >= 0.3 is 12.4 Å².